The van der Waals surface area contributed by atoms with Gasteiger partial charge < -0.3 is 15.4 Å². The van der Waals surface area contributed by atoms with Crippen molar-refractivity contribution >= 4 is 17.7 Å². The van der Waals surface area contributed by atoms with Gasteiger partial charge in [-0.15, -0.1) is 0 Å². The van der Waals surface area contributed by atoms with E-state index < -0.39 is 0 Å². The molecular formula is C32H39N5O2. The number of benzene rings is 2. The lowest BCUT2D eigenvalue weighted by Gasteiger charge is -2.22. The van der Waals surface area contributed by atoms with E-state index in [0.29, 0.717) is 30.1 Å². The second-order valence-corrected chi connectivity index (χ2v) is 10.3. The molecule has 1 aliphatic carbocycles. The van der Waals surface area contributed by atoms with Crippen LogP contribution < -0.4 is 10.6 Å². The predicted octanol–water partition coefficient (Wildman–Crippen LogP) is 5.40. The zero-order valence-electron chi connectivity index (χ0n) is 23.4. The Morgan fingerprint density at radius 3 is 2.67 bits per heavy atom. The van der Waals surface area contributed by atoms with Crippen LogP contribution in [0.4, 0.5) is 0 Å². The number of rotatable bonds is 11. The molecule has 1 fully saturated rings. The third-order valence-corrected chi connectivity index (χ3v) is 7.23. The Labute approximate surface area is 231 Å². The summed E-state index contributed by atoms with van der Waals surface area (Å²) in [5, 5.41) is 10.8. The number of aliphatic imine (C=N–C) groups is 1. The van der Waals surface area contributed by atoms with Gasteiger partial charge in [-0.2, -0.15) is 5.10 Å². The van der Waals surface area contributed by atoms with Gasteiger partial charge >= 0.3 is 0 Å². The zero-order chi connectivity index (χ0) is 27.8. The molecule has 204 valence electrons. The molecule has 3 aromatic rings. The highest BCUT2D eigenvalue weighted by atomic mass is 16.5. The van der Waals surface area contributed by atoms with Crippen molar-refractivity contribution in [1.29, 1.82) is 0 Å². The van der Waals surface area contributed by atoms with E-state index >= 15 is 0 Å². The number of allylic oxidation sites excluding steroid dienone is 1. The Morgan fingerprint density at radius 2 is 1.95 bits per heavy atom. The summed E-state index contributed by atoms with van der Waals surface area (Å²) in [6.45, 7) is 11.2. The van der Waals surface area contributed by atoms with Crippen molar-refractivity contribution in [1.82, 2.24) is 20.4 Å². The average Bonchev–Trinajstić information content (AvgIpc) is 3.58. The number of hydrogen-bond acceptors (Lipinski definition) is 5. The first-order chi connectivity index (χ1) is 18.8. The minimum absolute atomic E-state index is 0.0113. The third-order valence-electron chi connectivity index (χ3n) is 7.23. The van der Waals surface area contributed by atoms with Gasteiger partial charge in [0.05, 0.1) is 30.5 Å². The first-order valence-electron chi connectivity index (χ1n) is 13.5. The summed E-state index contributed by atoms with van der Waals surface area (Å²) in [6.07, 6.45) is 8.14. The molecule has 0 spiro atoms. The van der Waals surface area contributed by atoms with Crippen LogP contribution in [-0.4, -0.2) is 34.0 Å². The normalized spacial score (nSPS) is 17.7. The topological polar surface area (TPSA) is 80.5 Å². The smallest absolute Gasteiger partial charge is 0.250 e. The van der Waals surface area contributed by atoms with E-state index in [2.05, 4.69) is 71.5 Å². The monoisotopic (exact) mass is 525 g/mol. The fraction of sp³-hybridized carbons (Fsp3) is 0.344. The molecule has 0 radical (unpaired) electrons. The van der Waals surface area contributed by atoms with Gasteiger partial charge in [0.1, 0.15) is 5.82 Å². The zero-order valence-corrected chi connectivity index (χ0v) is 23.4. The maximum Gasteiger partial charge on any atom is 0.250 e. The van der Waals surface area contributed by atoms with Crippen molar-refractivity contribution in [2.45, 2.75) is 65.3 Å². The summed E-state index contributed by atoms with van der Waals surface area (Å²) < 4.78 is 7.93. The van der Waals surface area contributed by atoms with E-state index in [1.807, 2.05) is 31.4 Å². The van der Waals surface area contributed by atoms with Crippen LogP contribution in [0, 0.1) is 13.8 Å². The van der Waals surface area contributed by atoms with E-state index in [1.165, 1.54) is 11.1 Å². The lowest BCUT2D eigenvalue weighted by molar-refractivity contribution is -0.119. The highest BCUT2D eigenvalue weighted by Gasteiger charge is 2.30. The second kappa shape index (κ2) is 13.2. The van der Waals surface area contributed by atoms with E-state index in [9.17, 15) is 4.79 Å². The number of nitrogens with one attached hydrogen (secondary N) is 2. The minimum atomic E-state index is -0.151. The van der Waals surface area contributed by atoms with Gasteiger partial charge in [-0.3, -0.25) is 9.48 Å². The van der Waals surface area contributed by atoms with Crippen molar-refractivity contribution in [3.05, 3.63) is 107 Å². The Hall–Kier alpha value is -3.97. The van der Waals surface area contributed by atoms with Crippen LogP contribution in [0.5, 0.6) is 0 Å². The molecule has 0 unspecified atom stereocenters. The van der Waals surface area contributed by atoms with Crippen LogP contribution >= 0.6 is 0 Å². The second-order valence-electron chi connectivity index (χ2n) is 10.3. The fourth-order valence-electron chi connectivity index (χ4n) is 4.63. The Balaban J connectivity index is 1.48. The molecule has 2 N–H and O–H groups in total. The predicted molar refractivity (Wildman–Crippen MR) is 157 cm³/mol. The maximum absolute atomic E-state index is 13.4. The quantitative estimate of drug-likeness (QED) is 0.260. The van der Waals surface area contributed by atoms with Crippen LogP contribution in [0.25, 0.3) is 5.57 Å². The third kappa shape index (κ3) is 7.77. The van der Waals surface area contributed by atoms with Crippen LogP contribution in [0.1, 0.15) is 54.0 Å². The molecular weight excluding hydrogens is 486 g/mol. The minimum Gasteiger partial charge on any atom is -0.371 e. The van der Waals surface area contributed by atoms with E-state index in [1.54, 1.807) is 24.0 Å². The summed E-state index contributed by atoms with van der Waals surface area (Å²) in [6, 6.07) is 16.4. The Kier molecular flexibility index (Phi) is 9.49. The molecule has 39 heavy (non-hydrogen) atoms. The van der Waals surface area contributed by atoms with Gasteiger partial charge in [-0.05, 0) is 67.9 Å². The molecule has 0 saturated heterocycles. The summed E-state index contributed by atoms with van der Waals surface area (Å²) in [7, 11) is 1.86. The van der Waals surface area contributed by atoms with Crippen LogP contribution in [-0.2, 0) is 29.7 Å². The number of hydrogen-bond donors (Lipinski definition) is 2. The number of ether oxygens (including phenoxy) is 1. The number of carbonyl (C=O) groups excluding carboxylic acids is 1. The van der Waals surface area contributed by atoms with Crippen LogP contribution in [0.2, 0.25) is 0 Å². The summed E-state index contributed by atoms with van der Waals surface area (Å²) in [5.41, 5.74) is 6.83. The van der Waals surface area contributed by atoms with Gasteiger partial charge in [-0.1, -0.05) is 55.1 Å². The van der Waals surface area contributed by atoms with Gasteiger partial charge in [0, 0.05) is 31.6 Å². The molecule has 1 saturated carbocycles. The van der Waals surface area contributed by atoms with Crippen molar-refractivity contribution in [2.24, 2.45) is 12.0 Å². The standard InChI is InChI=1S/C32H39N5O2/c1-22-14-15-27(16-23(22)2)18-34-31(33-17-24(3)28-19-35-37(5)20-28)25(4)32(38)36-29-12-9-13-30(29)39-21-26-10-7-6-8-11-26/h6-8,10-11,14-17,19-20,29-30,34H,3,9,12-13,18,21H2,1-2,4-5H3,(H,36,38)/b31-25-,33-17?/t29-,30-/m0/s1. The lowest BCUT2D eigenvalue weighted by atomic mass is 10.1. The number of nitrogens with zero attached hydrogens (tertiary/aromatic N) is 3. The molecule has 2 aromatic carbocycles. The van der Waals surface area contributed by atoms with Gasteiger partial charge in [0.2, 0.25) is 0 Å². The van der Waals surface area contributed by atoms with E-state index in [4.69, 9.17) is 4.74 Å². The van der Waals surface area contributed by atoms with Crippen LogP contribution in [0.15, 0.2) is 83.9 Å². The lowest BCUT2D eigenvalue weighted by Crippen LogP contribution is -2.42. The van der Waals surface area contributed by atoms with Crippen molar-refractivity contribution < 1.29 is 9.53 Å². The fourth-order valence-corrected chi connectivity index (χ4v) is 4.63. The Bertz CT molecular complexity index is 1360. The molecule has 7 nitrogen and oxygen atoms in total. The molecule has 1 aliphatic rings. The van der Waals surface area contributed by atoms with Gasteiger partial charge in [0.15, 0.2) is 0 Å². The molecule has 0 aliphatic heterocycles. The highest BCUT2D eigenvalue weighted by Crippen LogP contribution is 2.24. The number of aromatic nitrogens is 2. The molecule has 4 rings (SSSR count). The first-order valence-corrected chi connectivity index (χ1v) is 13.5. The Morgan fingerprint density at radius 1 is 1.15 bits per heavy atom. The van der Waals surface area contributed by atoms with Gasteiger partial charge in [-0.25, -0.2) is 4.99 Å². The summed E-state index contributed by atoms with van der Waals surface area (Å²) in [5.74, 6) is 0.359. The van der Waals surface area contributed by atoms with Crippen molar-refractivity contribution in [3.63, 3.8) is 0 Å². The SMILES string of the molecule is C=C(C=N/C(NCc1ccc(C)c(C)c1)=C(\C)C(=O)N[C@H]1CCC[C@@H]1OCc1ccccc1)c1cnn(C)c1. The largest absolute Gasteiger partial charge is 0.371 e. The van der Waals surface area contributed by atoms with Crippen molar-refractivity contribution in [2.75, 3.05) is 0 Å². The summed E-state index contributed by atoms with van der Waals surface area (Å²) in [4.78, 5) is 18.1. The van der Waals surface area contributed by atoms with Gasteiger partial charge in [0.25, 0.3) is 5.91 Å². The number of aryl methyl sites for hydroxylation is 3. The van der Waals surface area contributed by atoms with Crippen LogP contribution in [0.3, 0.4) is 0 Å². The van der Waals surface area contributed by atoms with E-state index in [-0.39, 0.29) is 18.1 Å². The molecule has 0 bridgehead atoms. The summed E-state index contributed by atoms with van der Waals surface area (Å²) >= 11 is 0. The molecule has 1 heterocycles. The highest BCUT2D eigenvalue weighted by molar-refractivity contribution is 6.09. The number of amides is 1. The van der Waals surface area contributed by atoms with Crippen molar-refractivity contribution in [3.8, 4) is 0 Å². The maximum atomic E-state index is 13.4. The molecule has 1 aromatic heterocycles. The molecule has 2 atom stereocenters. The molecule has 1 amide bonds. The first kappa shape index (κ1) is 28.0. The van der Waals surface area contributed by atoms with E-state index in [0.717, 1.165) is 36.0 Å². The number of carbonyl (C=O) groups is 1. The average molecular weight is 526 g/mol. The molecule has 7 heteroatoms.